The van der Waals surface area contributed by atoms with Gasteiger partial charge in [0.05, 0.1) is 13.2 Å². The molecule has 0 saturated carbocycles. The van der Waals surface area contributed by atoms with Gasteiger partial charge in [-0.3, -0.25) is 9.59 Å². The van der Waals surface area contributed by atoms with Crippen LogP contribution in [0.25, 0.3) is 0 Å². The van der Waals surface area contributed by atoms with Gasteiger partial charge in [-0.15, -0.1) is 0 Å². The van der Waals surface area contributed by atoms with Gasteiger partial charge in [0.15, 0.2) is 12.4 Å². The average molecular weight is 749 g/mol. The Morgan fingerprint density at radius 3 is 1.66 bits per heavy atom. The molecule has 304 valence electrons. The highest BCUT2D eigenvalue weighted by atomic mass is 16.7. The first-order chi connectivity index (χ1) is 25.8. The Labute approximate surface area is 320 Å². The SMILES string of the molecule is CC/C=C\C/C=C\C/C=C\C/C=C\C/C=C\CCCC(=O)OCC(COC1OC(CO)C(O)C(O)C1O)OC(=O)CCCCCCCCCCCCC. The van der Waals surface area contributed by atoms with E-state index in [1.807, 2.05) is 6.08 Å². The number of hydrogen-bond donors (Lipinski definition) is 4. The quantitative estimate of drug-likeness (QED) is 0.0304. The molecule has 1 saturated heterocycles. The summed E-state index contributed by atoms with van der Waals surface area (Å²) in [6.45, 7) is 3.22. The van der Waals surface area contributed by atoms with Crippen LogP contribution < -0.4 is 0 Å². The summed E-state index contributed by atoms with van der Waals surface area (Å²) >= 11 is 0. The summed E-state index contributed by atoms with van der Waals surface area (Å²) in [6.07, 6.45) is 32.4. The number of aliphatic hydroxyl groups excluding tert-OH is 4. The van der Waals surface area contributed by atoms with Gasteiger partial charge in [-0.25, -0.2) is 0 Å². The van der Waals surface area contributed by atoms with Crippen molar-refractivity contribution in [3.63, 3.8) is 0 Å². The molecule has 0 aromatic carbocycles. The summed E-state index contributed by atoms with van der Waals surface area (Å²) in [6, 6.07) is 0. The van der Waals surface area contributed by atoms with Crippen molar-refractivity contribution in [2.45, 2.75) is 179 Å². The maximum absolute atomic E-state index is 12.7. The molecule has 0 bridgehead atoms. The van der Waals surface area contributed by atoms with Crippen molar-refractivity contribution in [2.24, 2.45) is 0 Å². The molecule has 10 nitrogen and oxygen atoms in total. The fraction of sp³-hybridized carbons (Fsp3) is 0.721. The second kappa shape index (κ2) is 33.9. The molecule has 1 rings (SSSR count). The third-order valence-electron chi connectivity index (χ3n) is 8.92. The minimum atomic E-state index is -1.60. The number of ether oxygens (including phenoxy) is 4. The highest BCUT2D eigenvalue weighted by molar-refractivity contribution is 5.70. The lowest BCUT2D eigenvalue weighted by Crippen LogP contribution is -2.59. The van der Waals surface area contributed by atoms with E-state index in [4.69, 9.17) is 18.9 Å². The predicted octanol–water partition coefficient (Wildman–Crippen LogP) is 7.88. The number of esters is 2. The molecule has 0 amide bonds. The summed E-state index contributed by atoms with van der Waals surface area (Å²) in [5, 5.41) is 39.9. The smallest absolute Gasteiger partial charge is 0.306 e. The Bertz CT molecular complexity index is 1050. The molecule has 6 unspecified atom stereocenters. The number of carbonyl (C=O) groups is 2. The van der Waals surface area contributed by atoms with E-state index in [1.54, 1.807) is 0 Å². The molecule has 4 N–H and O–H groups in total. The highest BCUT2D eigenvalue weighted by Crippen LogP contribution is 2.22. The monoisotopic (exact) mass is 749 g/mol. The second-order valence-electron chi connectivity index (χ2n) is 13.7. The zero-order valence-electron chi connectivity index (χ0n) is 32.7. The van der Waals surface area contributed by atoms with Crippen molar-refractivity contribution < 1.29 is 49.0 Å². The first-order valence-corrected chi connectivity index (χ1v) is 20.4. The van der Waals surface area contributed by atoms with Crippen LogP contribution >= 0.6 is 0 Å². The molecule has 6 atom stereocenters. The Morgan fingerprint density at radius 2 is 1.11 bits per heavy atom. The van der Waals surface area contributed by atoms with Crippen molar-refractivity contribution in [1.82, 2.24) is 0 Å². The summed E-state index contributed by atoms with van der Waals surface area (Å²) in [5.74, 6) is -0.880. The van der Waals surface area contributed by atoms with Crippen LogP contribution in [0.15, 0.2) is 60.8 Å². The van der Waals surface area contributed by atoms with Crippen LogP contribution in [-0.4, -0.2) is 89.0 Å². The summed E-state index contributed by atoms with van der Waals surface area (Å²) in [7, 11) is 0. The van der Waals surface area contributed by atoms with Crippen molar-refractivity contribution in [3.8, 4) is 0 Å². The number of allylic oxidation sites excluding steroid dienone is 10. The van der Waals surface area contributed by atoms with Crippen LogP contribution in [0, 0.1) is 0 Å². The van der Waals surface area contributed by atoms with Crippen molar-refractivity contribution in [3.05, 3.63) is 60.8 Å². The number of unbranched alkanes of at least 4 members (excludes halogenated alkanes) is 11. The standard InChI is InChI=1S/C43H72O10/c1-3-5-7-9-11-13-15-16-17-18-19-20-22-23-25-27-29-31-38(45)50-34-36(35-51-43-42(49)41(48)40(47)37(33-44)53-43)52-39(46)32-30-28-26-24-21-14-12-10-8-6-4-2/h5,7,11,13,16-17,19-20,23,25,36-37,40-44,47-49H,3-4,6,8-10,12,14-15,18,21-22,24,26-35H2,1-2H3/b7-5-,13-11-,17-16-,20-19-,25-23-. The molecule has 10 heteroatoms. The maximum atomic E-state index is 12.7. The van der Waals surface area contributed by atoms with Gasteiger partial charge in [-0.2, -0.15) is 0 Å². The maximum Gasteiger partial charge on any atom is 0.306 e. The molecule has 1 heterocycles. The zero-order valence-corrected chi connectivity index (χ0v) is 32.7. The molecule has 1 aliphatic heterocycles. The molecule has 0 aromatic heterocycles. The van der Waals surface area contributed by atoms with Crippen LogP contribution in [0.5, 0.6) is 0 Å². The van der Waals surface area contributed by atoms with E-state index in [9.17, 15) is 30.0 Å². The van der Waals surface area contributed by atoms with Gasteiger partial charge in [0.1, 0.15) is 31.0 Å². The molecule has 0 aliphatic carbocycles. The molecule has 0 radical (unpaired) electrons. The molecule has 0 aromatic rings. The number of hydrogen-bond acceptors (Lipinski definition) is 10. The second-order valence-corrected chi connectivity index (χ2v) is 13.7. The lowest BCUT2D eigenvalue weighted by Gasteiger charge is -2.39. The zero-order chi connectivity index (χ0) is 38.8. The van der Waals surface area contributed by atoms with E-state index in [-0.39, 0.29) is 26.1 Å². The van der Waals surface area contributed by atoms with Gasteiger partial charge in [-0.05, 0) is 51.4 Å². The van der Waals surface area contributed by atoms with E-state index in [2.05, 4.69) is 68.5 Å². The van der Waals surface area contributed by atoms with Crippen LogP contribution in [-0.2, 0) is 28.5 Å². The average Bonchev–Trinajstić information content (AvgIpc) is 3.15. The first kappa shape index (κ1) is 48.4. The Kier molecular flexibility index (Phi) is 31.0. The fourth-order valence-electron chi connectivity index (χ4n) is 5.69. The molecule has 53 heavy (non-hydrogen) atoms. The third-order valence-corrected chi connectivity index (χ3v) is 8.92. The van der Waals surface area contributed by atoms with Gasteiger partial charge >= 0.3 is 11.9 Å². The van der Waals surface area contributed by atoms with Crippen LogP contribution in [0.2, 0.25) is 0 Å². The van der Waals surface area contributed by atoms with E-state index in [0.717, 1.165) is 57.8 Å². The topological polar surface area (TPSA) is 152 Å². The highest BCUT2D eigenvalue weighted by Gasteiger charge is 2.44. The summed E-state index contributed by atoms with van der Waals surface area (Å²) < 4.78 is 22.0. The lowest BCUT2D eigenvalue weighted by atomic mass is 9.99. The van der Waals surface area contributed by atoms with Gasteiger partial charge in [0.2, 0.25) is 0 Å². The van der Waals surface area contributed by atoms with E-state index in [1.165, 1.54) is 44.9 Å². The minimum Gasteiger partial charge on any atom is -0.462 e. The minimum absolute atomic E-state index is 0.196. The Balaban J connectivity index is 2.42. The third kappa shape index (κ3) is 25.9. The van der Waals surface area contributed by atoms with Gasteiger partial charge in [-0.1, -0.05) is 139 Å². The van der Waals surface area contributed by atoms with E-state index >= 15 is 0 Å². The number of rotatable bonds is 32. The molecule has 1 fully saturated rings. The van der Waals surface area contributed by atoms with Gasteiger partial charge in [0, 0.05) is 12.8 Å². The van der Waals surface area contributed by atoms with Gasteiger partial charge < -0.3 is 39.4 Å². The number of carbonyl (C=O) groups excluding carboxylic acids is 2. The van der Waals surface area contributed by atoms with Crippen LogP contribution in [0.3, 0.4) is 0 Å². The van der Waals surface area contributed by atoms with E-state index in [0.29, 0.717) is 12.8 Å². The van der Waals surface area contributed by atoms with Crippen molar-refractivity contribution >= 4 is 11.9 Å². The van der Waals surface area contributed by atoms with Crippen LogP contribution in [0.1, 0.15) is 142 Å². The molecular formula is C43H72O10. The molecule has 0 spiro atoms. The lowest BCUT2D eigenvalue weighted by molar-refractivity contribution is -0.305. The molecule has 1 aliphatic rings. The Morgan fingerprint density at radius 1 is 0.604 bits per heavy atom. The normalized spacial score (nSPS) is 21.5. The summed E-state index contributed by atoms with van der Waals surface area (Å²) in [5.41, 5.74) is 0. The largest absolute Gasteiger partial charge is 0.462 e. The summed E-state index contributed by atoms with van der Waals surface area (Å²) in [4.78, 5) is 25.2. The van der Waals surface area contributed by atoms with Crippen molar-refractivity contribution in [1.29, 1.82) is 0 Å². The van der Waals surface area contributed by atoms with Crippen molar-refractivity contribution in [2.75, 3.05) is 19.8 Å². The Hall–Kier alpha value is -2.60. The van der Waals surface area contributed by atoms with E-state index < -0.39 is 55.4 Å². The van der Waals surface area contributed by atoms with Gasteiger partial charge in [0.25, 0.3) is 0 Å². The fourth-order valence-corrected chi connectivity index (χ4v) is 5.69. The first-order valence-electron chi connectivity index (χ1n) is 20.4. The predicted molar refractivity (Wildman–Crippen MR) is 210 cm³/mol. The molecular weight excluding hydrogens is 676 g/mol. The number of aliphatic hydroxyl groups is 4. The van der Waals surface area contributed by atoms with Crippen LogP contribution in [0.4, 0.5) is 0 Å².